The summed E-state index contributed by atoms with van der Waals surface area (Å²) in [7, 11) is 0. The van der Waals surface area contributed by atoms with Crippen molar-refractivity contribution in [3.8, 4) is 5.75 Å². The quantitative estimate of drug-likeness (QED) is 0.803. The Morgan fingerprint density at radius 3 is 2.65 bits per heavy atom. The maximum atomic E-state index is 5.49. The van der Waals surface area contributed by atoms with E-state index in [1.54, 1.807) is 0 Å². The molecule has 1 aromatic carbocycles. The maximum Gasteiger partial charge on any atom is 0.119 e. The Balaban J connectivity index is 2.08. The van der Waals surface area contributed by atoms with Crippen LogP contribution in [0.1, 0.15) is 31.9 Å². The standard InChI is InChI=1S/C16H23N3O/c1-3-10-17-16(13-19-12-5-11-18-19)14-6-8-15(9-7-14)20-4-2/h5-9,11-12,16-17H,3-4,10,13H2,1-2H3. The molecule has 108 valence electrons. The van der Waals surface area contributed by atoms with Crippen LogP contribution in [0.25, 0.3) is 0 Å². The van der Waals surface area contributed by atoms with Crippen LogP contribution in [0.5, 0.6) is 5.75 Å². The third-order valence-corrected chi connectivity index (χ3v) is 3.16. The second-order valence-electron chi connectivity index (χ2n) is 4.74. The molecule has 1 heterocycles. The Morgan fingerprint density at radius 2 is 2.05 bits per heavy atom. The third kappa shape index (κ3) is 4.10. The molecular formula is C16H23N3O. The highest BCUT2D eigenvalue weighted by molar-refractivity contribution is 5.29. The van der Waals surface area contributed by atoms with E-state index < -0.39 is 0 Å². The molecular weight excluding hydrogens is 250 g/mol. The molecule has 2 rings (SSSR count). The molecule has 0 aliphatic carbocycles. The molecule has 1 atom stereocenters. The van der Waals surface area contributed by atoms with Crippen LogP contribution in [0.2, 0.25) is 0 Å². The van der Waals surface area contributed by atoms with Crippen LogP contribution in [-0.2, 0) is 6.54 Å². The van der Waals surface area contributed by atoms with Crippen LogP contribution < -0.4 is 10.1 Å². The summed E-state index contributed by atoms with van der Waals surface area (Å²) in [6.45, 7) is 6.71. The van der Waals surface area contributed by atoms with Crippen LogP contribution >= 0.6 is 0 Å². The number of rotatable bonds is 8. The zero-order valence-electron chi connectivity index (χ0n) is 12.2. The van der Waals surface area contributed by atoms with E-state index in [9.17, 15) is 0 Å². The van der Waals surface area contributed by atoms with Gasteiger partial charge >= 0.3 is 0 Å². The molecule has 1 N–H and O–H groups in total. The summed E-state index contributed by atoms with van der Waals surface area (Å²) in [6, 6.07) is 10.5. The van der Waals surface area contributed by atoms with Crippen molar-refractivity contribution in [3.05, 3.63) is 48.3 Å². The SMILES string of the molecule is CCCNC(Cn1cccn1)c1ccc(OCC)cc1. The first-order valence-corrected chi connectivity index (χ1v) is 7.27. The monoisotopic (exact) mass is 273 g/mol. The summed E-state index contributed by atoms with van der Waals surface area (Å²) in [4.78, 5) is 0. The maximum absolute atomic E-state index is 5.49. The van der Waals surface area contributed by atoms with E-state index in [0.717, 1.165) is 25.3 Å². The van der Waals surface area contributed by atoms with E-state index in [1.165, 1.54) is 5.56 Å². The zero-order valence-corrected chi connectivity index (χ0v) is 12.2. The fraction of sp³-hybridized carbons (Fsp3) is 0.438. The number of aromatic nitrogens is 2. The summed E-state index contributed by atoms with van der Waals surface area (Å²) in [6.07, 6.45) is 4.93. The van der Waals surface area contributed by atoms with Gasteiger partial charge in [-0.05, 0) is 43.7 Å². The number of ether oxygens (including phenoxy) is 1. The molecule has 1 unspecified atom stereocenters. The van der Waals surface area contributed by atoms with Crippen LogP contribution in [0.15, 0.2) is 42.7 Å². The minimum atomic E-state index is 0.269. The van der Waals surface area contributed by atoms with Crippen molar-refractivity contribution in [1.82, 2.24) is 15.1 Å². The van der Waals surface area contributed by atoms with Gasteiger partial charge in [-0.3, -0.25) is 4.68 Å². The number of nitrogens with one attached hydrogen (secondary N) is 1. The number of hydrogen-bond acceptors (Lipinski definition) is 3. The molecule has 20 heavy (non-hydrogen) atoms. The lowest BCUT2D eigenvalue weighted by Crippen LogP contribution is -2.26. The molecule has 0 bridgehead atoms. The van der Waals surface area contributed by atoms with E-state index >= 15 is 0 Å². The van der Waals surface area contributed by atoms with E-state index in [2.05, 4.69) is 29.5 Å². The van der Waals surface area contributed by atoms with E-state index in [4.69, 9.17) is 4.74 Å². The first-order chi connectivity index (χ1) is 9.83. The Morgan fingerprint density at radius 1 is 1.25 bits per heavy atom. The van der Waals surface area contributed by atoms with Crippen molar-refractivity contribution in [2.45, 2.75) is 32.9 Å². The molecule has 2 aromatic rings. The minimum absolute atomic E-state index is 0.269. The summed E-state index contributed by atoms with van der Waals surface area (Å²) < 4.78 is 7.45. The van der Waals surface area contributed by atoms with Gasteiger partial charge in [0.1, 0.15) is 5.75 Å². The van der Waals surface area contributed by atoms with Gasteiger partial charge < -0.3 is 10.1 Å². The molecule has 0 aliphatic rings. The van der Waals surface area contributed by atoms with Crippen LogP contribution in [0, 0.1) is 0 Å². The van der Waals surface area contributed by atoms with Gasteiger partial charge in [0.2, 0.25) is 0 Å². The molecule has 0 spiro atoms. The fourth-order valence-corrected chi connectivity index (χ4v) is 2.16. The zero-order chi connectivity index (χ0) is 14.2. The Bertz CT molecular complexity index is 479. The van der Waals surface area contributed by atoms with Gasteiger partial charge in [-0.15, -0.1) is 0 Å². The lowest BCUT2D eigenvalue weighted by atomic mass is 10.1. The van der Waals surface area contributed by atoms with Crippen LogP contribution in [0.3, 0.4) is 0 Å². The summed E-state index contributed by atoms with van der Waals surface area (Å²) >= 11 is 0. The highest BCUT2D eigenvalue weighted by Crippen LogP contribution is 2.19. The third-order valence-electron chi connectivity index (χ3n) is 3.16. The van der Waals surface area contributed by atoms with Gasteiger partial charge in [-0.2, -0.15) is 5.10 Å². The van der Waals surface area contributed by atoms with Crippen molar-refractivity contribution in [3.63, 3.8) is 0 Å². The van der Waals surface area contributed by atoms with Gasteiger partial charge in [0, 0.05) is 12.4 Å². The minimum Gasteiger partial charge on any atom is -0.494 e. The molecule has 0 saturated heterocycles. The molecule has 4 heteroatoms. The molecule has 0 amide bonds. The average molecular weight is 273 g/mol. The van der Waals surface area contributed by atoms with Gasteiger partial charge in [-0.25, -0.2) is 0 Å². The Kier molecular flexibility index (Phi) is 5.62. The van der Waals surface area contributed by atoms with Gasteiger partial charge in [0.05, 0.1) is 19.2 Å². The topological polar surface area (TPSA) is 39.1 Å². The first-order valence-electron chi connectivity index (χ1n) is 7.27. The highest BCUT2D eigenvalue weighted by atomic mass is 16.5. The van der Waals surface area contributed by atoms with E-state index in [-0.39, 0.29) is 6.04 Å². The van der Waals surface area contributed by atoms with Gasteiger partial charge in [0.25, 0.3) is 0 Å². The average Bonchev–Trinajstić information content (AvgIpc) is 2.98. The molecule has 0 aliphatic heterocycles. The summed E-state index contributed by atoms with van der Waals surface area (Å²) in [5.41, 5.74) is 1.26. The first kappa shape index (κ1) is 14.6. The lowest BCUT2D eigenvalue weighted by Gasteiger charge is -2.19. The number of hydrogen-bond donors (Lipinski definition) is 1. The van der Waals surface area contributed by atoms with Crippen molar-refractivity contribution in [2.75, 3.05) is 13.2 Å². The molecule has 4 nitrogen and oxygen atoms in total. The Labute approximate surface area is 120 Å². The largest absolute Gasteiger partial charge is 0.494 e. The van der Waals surface area contributed by atoms with Crippen LogP contribution in [-0.4, -0.2) is 22.9 Å². The second kappa shape index (κ2) is 7.70. The lowest BCUT2D eigenvalue weighted by molar-refractivity contribution is 0.340. The highest BCUT2D eigenvalue weighted by Gasteiger charge is 2.11. The summed E-state index contributed by atoms with van der Waals surface area (Å²) in [5, 5.41) is 7.86. The predicted octanol–water partition coefficient (Wildman–Crippen LogP) is 3.02. The van der Waals surface area contributed by atoms with Gasteiger partial charge in [-0.1, -0.05) is 19.1 Å². The fourth-order valence-electron chi connectivity index (χ4n) is 2.16. The molecule has 0 radical (unpaired) electrons. The molecule has 0 saturated carbocycles. The number of benzene rings is 1. The molecule has 1 aromatic heterocycles. The smallest absolute Gasteiger partial charge is 0.119 e. The summed E-state index contributed by atoms with van der Waals surface area (Å²) in [5.74, 6) is 0.921. The van der Waals surface area contributed by atoms with Crippen molar-refractivity contribution >= 4 is 0 Å². The van der Waals surface area contributed by atoms with Crippen molar-refractivity contribution < 1.29 is 4.74 Å². The van der Waals surface area contributed by atoms with Crippen molar-refractivity contribution in [2.24, 2.45) is 0 Å². The van der Waals surface area contributed by atoms with E-state index in [0.29, 0.717) is 6.61 Å². The van der Waals surface area contributed by atoms with Gasteiger partial charge in [0.15, 0.2) is 0 Å². The predicted molar refractivity (Wildman–Crippen MR) is 80.9 cm³/mol. The molecule has 0 fully saturated rings. The second-order valence-corrected chi connectivity index (χ2v) is 4.74. The van der Waals surface area contributed by atoms with Crippen molar-refractivity contribution in [1.29, 1.82) is 0 Å². The van der Waals surface area contributed by atoms with E-state index in [1.807, 2.05) is 42.2 Å². The Hall–Kier alpha value is -1.81. The van der Waals surface area contributed by atoms with Crippen LogP contribution in [0.4, 0.5) is 0 Å². The number of nitrogens with zero attached hydrogens (tertiary/aromatic N) is 2. The normalized spacial score (nSPS) is 12.3.